The lowest BCUT2D eigenvalue weighted by Crippen LogP contribution is -2.20. The minimum atomic E-state index is -3.79. The van der Waals surface area contributed by atoms with Crippen LogP contribution in [0.3, 0.4) is 0 Å². The van der Waals surface area contributed by atoms with Gasteiger partial charge in [0.05, 0.1) is 6.10 Å². The molecular weight excluding hydrogens is 218 g/mol. The van der Waals surface area contributed by atoms with Crippen molar-refractivity contribution >= 4 is 15.8 Å². The van der Waals surface area contributed by atoms with Crippen molar-refractivity contribution in [2.45, 2.75) is 17.9 Å². The van der Waals surface area contributed by atoms with Gasteiger partial charge in [-0.25, -0.2) is 18.5 Å². The van der Waals surface area contributed by atoms with Crippen molar-refractivity contribution in [3.05, 3.63) is 18.3 Å². The van der Waals surface area contributed by atoms with Gasteiger partial charge >= 0.3 is 0 Å². The van der Waals surface area contributed by atoms with E-state index in [-0.39, 0.29) is 17.3 Å². The van der Waals surface area contributed by atoms with Crippen LogP contribution in [-0.4, -0.2) is 31.2 Å². The number of nitrogens with zero attached hydrogens (tertiary/aromatic N) is 1. The van der Waals surface area contributed by atoms with Gasteiger partial charge in [-0.05, 0) is 19.1 Å². The summed E-state index contributed by atoms with van der Waals surface area (Å²) in [6.07, 6.45) is 0.847. The molecule has 0 aliphatic carbocycles. The first-order valence-electron chi connectivity index (χ1n) is 4.31. The predicted molar refractivity (Wildman–Crippen MR) is 55.8 cm³/mol. The van der Waals surface area contributed by atoms with Crippen LogP contribution in [0.5, 0.6) is 0 Å². The van der Waals surface area contributed by atoms with Crippen molar-refractivity contribution in [2.75, 3.05) is 11.9 Å². The van der Waals surface area contributed by atoms with E-state index in [4.69, 9.17) is 10.2 Å². The standard InChI is InChI=1S/C8H13N3O3S/c1-6(12)5-11-8-7(15(9,13)14)3-2-4-10-8/h2-4,6,12H,5H2,1H3,(H,10,11)(H2,9,13,14)/t6-/m1/s1. The van der Waals surface area contributed by atoms with E-state index in [9.17, 15) is 8.42 Å². The molecule has 7 heteroatoms. The van der Waals surface area contributed by atoms with Crippen molar-refractivity contribution in [2.24, 2.45) is 5.14 Å². The Morgan fingerprint density at radius 3 is 2.87 bits per heavy atom. The molecule has 0 bridgehead atoms. The molecule has 0 aromatic carbocycles. The van der Waals surface area contributed by atoms with E-state index in [0.29, 0.717) is 0 Å². The topological polar surface area (TPSA) is 105 Å². The summed E-state index contributed by atoms with van der Waals surface area (Å²) in [6, 6.07) is 2.83. The number of rotatable bonds is 4. The molecule has 6 nitrogen and oxygen atoms in total. The van der Waals surface area contributed by atoms with E-state index < -0.39 is 16.1 Å². The monoisotopic (exact) mass is 231 g/mol. The first-order chi connectivity index (χ1) is 6.91. The number of anilines is 1. The largest absolute Gasteiger partial charge is 0.392 e. The SMILES string of the molecule is C[C@@H](O)CNc1ncccc1S(N)(=O)=O. The average Bonchev–Trinajstić information content (AvgIpc) is 2.13. The number of aromatic nitrogens is 1. The lowest BCUT2D eigenvalue weighted by Gasteiger charge is -2.10. The van der Waals surface area contributed by atoms with Crippen LogP contribution >= 0.6 is 0 Å². The maximum atomic E-state index is 11.1. The van der Waals surface area contributed by atoms with Crippen LogP contribution in [0.2, 0.25) is 0 Å². The number of sulfonamides is 1. The van der Waals surface area contributed by atoms with E-state index in [1.54, 1.807) is 6.92 Å². The first kappa shape index (κ1) is 11.9. The molecule has 0 saturated heterocycles. The van der Waals surface area contributed by atoms with E-state index in [1.807, 2.05) is 0 Å². The summed E-state index contributed by atoms with van der Waals surface area (Å²) in [6.45, 7) is 1.78. The molecule has 0 spiro atoms. The highest BCUT2D eigenvalue weighted by molar-refractivity contribution is 7.89. The third kappa shape index (κ3) is 3.46. The summed E-state index contributed by atoms with van der Waals surface area (Å²) >= 11 is 0. The van der Waals surface area contributed by atoms with Crippen molar-refractivity contribution < 1.29 is 13.5 Å². The first-order valence-corrected chi connectivity index (χ1v) is 5.85. The Morgan fingerprint density at radius 1 is 1.67 bits per heavy atom. The van der Waals surface area contributed by atoms with Gasteiger partial charge in [0.25, 0.3) is 0 Å². The Morgan fingerprint density at radius 2 is 2.33 bits per heavy atom. The van der Waals surface area contributed by atoms with E-state index in [0.717, 1.165) is 0 Å². The highest BCUT2D eigenvalue weighted by atomic mass is 32.2. The Hall–Kier alpha value is -1.18. The number of hydrogen-bond donors (Lipinski definition) is 3. The molecule has 15 heavy (non-hydrogen) atoms. The number of pyridine rings is 1. The summed E-state index contributed by atoms with van der Waals surface area (Å²) in [4.78, 5) is 3.76. The molecule has 1 aromatic rings. The van der Waals surface area contributed by atoms with Gasteiger partial charge in [-0.15, -0.1) is 0 Å². The van der Waals surface area contributed by atoms with Crippen LogP contribution in [0.25, 0.3) is 0 Å². The zero-order valence-electron chi connectivity index (χ0n) is 8.21. The second kappa shape index (κ2) is 4.56. The molecule has 4 N–H and O–H groups in total. The van der Waals surface area contributed by atoms with Gasteiger partial charge in [-0.3, -0.25) is 0 Å². The second-order valence-electron chi connectivity index (χ2n) is 3.13. The highest BCUT2D eigenvalue weighted by Crippen LogP contribution is 2.15. The summed E-state index contributed by atoms with van der Waals surface area (Å²) in [5.41, 5.74) is 0. The second-order valence-corrected chi connectivity index (χ2v) is 4.65. The zero-order chi connectivity index (χ0) is 11.5. The molecule has 0 amide bonds. The molecule has 1 atom stereocenters. The molecule has 0 fully saturated rings. The Balaban J connectivity index is 2.98. The average molecular weight is 231 g/mol. The molecule has 0 aliphatic heterocycles. The zero-order valence-corrected chi connectivity index (χ0v) is 9.03. The summed E-state index contributed by atoms with van der Waals surface area (Å²) in [7, 11) is -3.79. The maximum Gasteiger partial charge on any atom is 0.241 e. The Kier molecular flexibility index (Phi) is 3.61. The van der Waals surface area contributed by atoms with Crippen molar-refractivity contribution in [3.63, 3.8) is 0 Å². The minimum absolute atomic E-state index is 0.0781. The molecular formula is C8H13N3O3S. The molecule has 0 saturated carbocycles. The molecule has 0 aliphatic rings. The number of primary sulfonamides is 1. The Bertz CT molecular complexity index is 431. The number of aliphatic hydroxyl groups is 1. The molecule has 0 unspecified atom stereocenters. The Labute approximate surface area is 88.2 Å². The molecule has 1 rings (SSSR count). The molecule has 1 aromatic heterocycles. The molecule has 1 heterocycles. The van der Waals surface area contributed by atoms with Gasteiger partial charge < -0.3 is 10.4 Å². The van der Waals surface area contributed by atoms with E-state index in [2.05, 4.69) is 10.3 Å². The van der Waals surface area contributed by atoms with Gasteiger partial charge in [-0.1, -0.05) is 0 Å². The number of aliphatic hydroxyl groups excluding tert-OH is 1. The van der Waals surface area contributed by atoms with Crippen LogP contribution in [-0.2, 0) is 10.0 Å². The van der Waals surface area contributed by atoms with Crippen LogP contribution in [0.4, 0.5) is 5.82 Å². The third-order valence-electron chi connectivity index (χ3n) is 1.64. The van der Waals surface area contributed by atoms with E-state index in [1.165, 1.54) is 18.3 Å². The maximum absolute atomic E-state index is 11.1. The number of nitrogens with two attached hydrogens (primary N) is 1. The predicted octanol–water partition coefficient (Wildman–Crippen LogP) is -0.478. The fraction of sp³-hybridized carbons (Fsp3) is 0.375. The van der Waals surface area contributed by atoms with Crippen LogP contribution in [0, 0.1) is 0 Å². The minimum Gasteiger partial charge on any atom is -0.392 e. The third-order valence-corrected chi connectivity index (χ3v) is 2.58. The van der Waals surface area contributed by atoms with Gasteiger partial charge in [0.1, 0.15) is 10.7 Å². The van der Waals surface area contributed by atoms with Gasteiger partial charge in [0, 0.05) is 12.7 Å². The quantitative estimate of drug-likeness (QED) is 0.649. The van der Waals surface area contributed by atoms with Crippen LogP contribution in [0.15, 0.2) is 23.2 Å². The lowest BCUT2D eigenvalue weighted by atomic mass is 10.4. The van der Waals surface area contributed by atoms with Crippen molar-refractivity contribution in [1.82, 2.24) is 4.98 Å². The normalized spacial score (nSPS) is 13.5. The molecule has 84 valence electrons. The smallest absolute Gasteiger partial charge is 0.241 e. The summed E-state index contributed by atoms with van der Waals surface area (Å²) in [5, 5.41) is 16.7. The highest BCUT2D eigenvalue weighted by Gasteiger charge is 2.14. The van der Waals surface area contributed by atoms with Crippen LogP contribution < -0.4 is 10.5 Å². The lowest BCUT2D eigenvalue weighted by molar-refractivity contribution is 0.208. The number of hydrogen-bond acceptors (Lipinski definition) is 5. The van der Waals surface area contributed by atoms with Gasteiger partial charge in [0.15, 0.2) is 0 Å². The van der Waals surface area contributed by atoms with Gasteiger partial charge in [-0.2, -0.15) is 0 Å². The molecule has 0 radical (unpaired) electrons. The fourth-order valence-corrected chi connectivity index (χ4v) is 1.66. The van der Waals surface area contributed by atoms with Gasteiger partial charge in [0.2, 0.25) is 10.0 Å². The summed E-state index contributed by atoms with van der Waals surface area (Å²) in [5.74, 6) is 0.154. The van der Waals surface area contributed by atoms with E-state index >= 15 is 0 Å². The fourth-order valence-electron chi connectivity index (χ4n) is 0.997. The van der Waals surface area contributed by atoms with Crippen LogP contribution in [0.1, 0.15) is 6.92 Å². The number of nitrogens with one attached hydrogen (secondary N) is 1. The summed E-state index contributed by atoms with van der Waals surface area (Å²) < 4.78 is 22.3. The van der Waals surface area contributed by atoms with Crippen molar-refractivity contribution in [1.29, 1.82) is 0 Å². The van der Waals surface area contributed by atoms with Crippen molar-refractivity contribution in [3.8, 4) is 0 Å².